The Hall–Kier alpha value is -4.26. The number of aryl methyl sites for hydroxylation is 1. The molecule has 0 saturated heterocycles. The molecule has 0 unspecified atom stereocenters. The normalized spacial score (nSPS) is 14.2. The zero-order valence-corrected chi connectivity index (χ0v) is 17.6. The van der Waals surface area contributed by atoms with Gasteiger partial charge in [0.15, 0.2) is 5.70 Å². The smallest absolute Gasteiger partial charge is 0.363 e. The fraction of sp³-hybridized carbons (Fsp3) is 0.120. The molecule has 0 bridgehead atoms. The Morgan fingerprint density at radius 1 is 1.06 bits per heavy atom. The topological polar surface area (TPSA) is 91.0 Å². The Balaban J connectivity index is 1.56. The van der Waals surface area contributed by atoms with Crippen LogP contribution in [0.4, 0.5) is 5.69 Å². The molecular formula is C25H20N2O5. The number of hydrogen-bond donors (Lipinski definition) is 0. The van der Waals surface area contributed by atoms with Gasteiger partial charge in [-0.2, -0.15) is 0 Å². The molecule has 1 aliphatic rings. The van der Waals surface area contributed by atoms with E-state index in [2.05, 4.69) is 11.1 Å². The predicted molar refractivity (Wildman–Crippen MR) is 120 cm³/mol. The van der Waals surface area contributed by atoms with Gasteiger partial charge in [0, 0.05) is 17.2 Å². The fourth-order valence-corrected chi connectivity index (χ4v) is 3.40. The highest BCUT2D eigenvalue weighted by Crippen LogP contribution is 2.26. The molecule has 3 aromatic carbocycles. The summed E-state index contributed by atoms with van der Waals surface area (Å²) in [5, 5.41) is 11.2. The molecule has 0 saturated carbocycles. The van der Waals surface area contributed by atoms with Crippen molar-refractivity contribution in [2.24, 2.45) is 4.99 Å². The van der Waals surface area contributed by atoms with Crippen molar-refractivity contribution in [3.63, 3.8) is 0 Å². The lowest BCUT2D eigenvalue weighted by Gasteiger charge is -2.07. The number of carbonyl (C=O) groups is 1. The minimum Gasteiger partial charge on any atom is -0.489 e. The molecule has 7 nitrogen and oxygen atoms in total. The van der Waals surface area contributed by atoms with Gasteiger partial charge in [-0.05, 0) is 49.2 Å². The van der Waals surface area contributed by atoms with E-state index >= 15 is 0 Å². The molecule has 160 valence electrons. The summed E-state index contributed by atoms with van der Waals surface area (Å²) in [5.41, 5.74) is 3.80. The van der Waals surface area contributed by atoms with Gasteiger partial charge in [-0.1, -0.05) is 48.0 Å². The van der Waals surface area contributed by atoms with Crippen molar-refractivity contribution in [2.75, 3.05) is 0 Å². The van der Waals surface area contributed by atoms with Crippen LogP contribution in [-0.2, 0) is 16.1 Å². The predicted octanol–water partition coefficient (Wildman–Crippen LogP) is 5.14. The number of carbonyl (C=O) groups excluding carboxylic acids is 1. The summed E-state index contributed by atoms with van der Waals surface area (Å²) in [6, 6.07) is 19.9. The minimum atomic E-state index is -0.614. The van der Waals surface area contributed by atoms with Crippen LogP contribution in [0.2, 0.25) is 0 Å². The first-order valence-electron chi connectivity index (χ1n) is 9.96. The number of cyclic esters (lactones) is 1. The lowest BCUT2D eigenvalue weighted by Crippen LogP contribution is -2.08. The maximum Gasteiger partial charge on any atom is 0.363 e. The van der Waals surface area contributed by atoms with E-state index in [0.717, 1.165) is 16.7 Å². The number of nitrogens with zero attached hydrogens (tertiary/aromatic N) is 2. The first-order chi connectivity index (χ1) is 15.4. The van der Waals surface area contributed by atoms with E-state index < -0.39 is 10.9 Å². The summed E-state index contributed by atoms with van der Waals surface area (Å²) < 4.78 is 11.2. The second-order valence-corrected chi connectivity index (χ2v) is 7.39. The van der Waals surface area contributed by atoms with Crippen molar-refractivity contribution >= 4 is 23.6 Å². The molecule has 1 aliphatic heterocycles. The standard InChI is InChI=1S/C25H20N2O5/c1-16-6-3-8-19(12-16)15-31-20-9-4-7-18(13-20)14-22-25(28)32-24(26-22)21-10-5-11-23(17(21)2)27(29)30/h3-14H,15H2,1-2H3/b22-14-. The second kappa shape index (κ2) is 8.85. The summed E-state index contributed by atoms with van der Waals surface area (Å²) in [6.45, 7) is 4.06. The van der Waals surface area contributed by atoms with Crippen molar-refractivity contribution in [3.05, 3.63) is 110 Å². The lowest BCUT2D eigenvalue weighted by atomic mass is 10.1. The monoisotopic (exact) mass is 428 g/mol. The van der Waals surface area contributed by atoms with Crippen LogP contribution in [0.15, 0.2) is 77.4 Å². The van der Waals surface area contributed by atoms with Crippen molar-refractivity contribution in [2.45, 2.75) is 20.5 Å². The maximum absolute atomic E-state index is 12.3. The van der Waals surface area contributed by atoms with E-state index in [1.807, 2.05) is 49.4 Å². The van der Waals surface area contributed by atoms with Gasteiger partial charge >= 0.3 is 5.97 Å². The zero-order chi connectivity index (χ0) is 22.7. The number of hydrogen-bond acceptors (Lipinski definition) is 6. The molecule has 32 heavy (non-hydrogen) atoms. The summed E-state index contributed by atoms with van der Waals surface area (Å²) >= 11 is 0. The minimum absolute atomic E-state index is 0.0503. The van der Waals surface area contributed by atoms with E-state index in [4.69, 9.17) is 9.47 Å². The average Bonchev–Trinajstić information content (AvgIpc) is 3.12. The van der Waals surface area contributed by atoms with Gasteiger partial charge in [-0.25, -0.2) is 9.79 Å². The van der Waals surface area contributed by atoms with Gasteiger partial charge in [0.1, 0.15) is 12.4 Å². The highest BCUT2D eigenvalue weighted by Gasteiger charge is 2.27. The molecule has 0 fully saturated rings. The number of esters is 1. The molecule has 7 heteroatoms. The third-order valence-electron chi connectivity index (χ3n) is 5.00. The molecule has 0 N–H and O–H groups in total. The third-order valence-corrected chi connectivity index (χ3v) is 5.00. The Labute approximate surface area is 184 Å². The van der Waals surface area contributed by atoms with Crippen LogP contribution in [0.5, 0.6) is 5.75 Å². The van der Waals surface area contributed by atoms with Gasteiger partial charge in [-0.3, -0.25) is 10.1 Å². The van der Waals surface area contributed by atoms with Gasteiger partial charge in [-0.15, -0.1) is 0 Å². The van der Waals surface area contributed by atoms with Gasteiger partial charge in [0.05, 0.1) is 4.92 Å². The molecule has 0 aromatic heterocycles. The number of nitro groups is 1. The summed E-state index contributed by atoms with van der Waals surface area (Å²) in [7, 11) is 0. The Bertz CT molecular complexity index is 1280. The van der Waals surface area contributed by atoms with Crippen molar-refractivity contribution < 1.29 is 19.2 Å². The van der Waals surface area contributed by atoms with Gasteiger partial charge < -0.3 is 9.47 Å². The largest absolute Gasteiger partial charge is 0.489 e. The lowest BCUT2D eigenvalue weighted by molar-refractivity contribution is -0.385. The van der Waals surface area contributed by atoms with Crippen molar-refractivity contribution in [1.82, 2.24) is 0 Å². The Kier molecular flexibility index (Phi) is 5.81. The maximum atomic E-state index is 12.3. The third kappa shape index (κ3) is 4.57. The van der Waals surface area contributed by atoms with Crippen LogP contribution in [0.25, 0.3) is 6.08 Å². The van der Waals surface area contributed by atoms with E-state index in [9.17, 15) is 14.9 Å². The summed E-state index contributed by atoms with van der Waals surface area (Å²) in [6.07, 6.45) is 1.60. The molecule has 3 aromatic rings. The Morgan fingerprint density at radius 2 is 1.84 bits per heavy atom. The molecule has 0 spiro atoms. The van der Waals surface area contributed by atoms with Crippen LogP contribution in [0.1, 0.15) is 27.8 Å². The molecule has 1 heterocycles. The molecule has 0 amide bonds. The van der Waals surface area contributed by atoms with E-state index in [1.54, 1.807) is 19.1 Å². The highest BCUT2D eigenvalue weighted by molar-refractivity contribution is 6.13. The van der Waals surface area contributed by atoms with Crippen molar-refractivity contribution in [3.8, 4) is 5.75 Å². The first kappa shape index (κ1) is 21.0. The molecular weight excluding hydrogens is 408 g/mol. The van der Waals surface area contributed by atoms with E-state index in [0.29, 0.717) is 23.5 Å². The second-order valence-electron chi connectivity index (χ2n) is 7.39. The summed E-state index contributed by atoms with van der Waals surface area (Å²) in [5.74, 6) is 0.0947. The number of rotatable bonds is 6. The highest BCUT2D eigenvalue weighted by atomic mass is 16.6. The van der Waals surface area contributed by atoms with Gasteiger partial charge in [0.25, 0.3) is 5.69 Å². The molecule has 0 aliphatic carbocycles. The quantitative estimate of drug-likeness (QED) is 0.235. The van der Waals surface area contributed by atoms with Crippen LogP contribution < -0.4 is 4.74 Å². The molecule has 0 atom stereocenters. The number of ether oxygens (including phenoxy) is 2. The van der Waals surface area contributed by atoms with E-state index in [1.165, 1.54) is 12.1 Å². The van der Waals surface area contributed by atoms with Crippen LogP contribution in [-0.4, -0.2) is 16.8 Å². The number of benzene rings is 3. The summed E-state index contributed by atoms with van der Waals surface area (Å²) in [4.78, 5) is 27.3. The van der Waals surface area contributed by atoms with Crippen LogP contribution in [0, 0.1) is 24.0 Å². The van der Waals surface area contributed by atoms with Gasteiger partial charge in [0.2, 0.25) is 5.90 Å². The first-order valence-corrected chi connectivity index (χ1v) is 9.96. The Morgan fingerprint density at radius 3 is 2.62 bits per heavy atom. The number of aliphatic imine (C=N–C) groups is 1. The average molecular weight is 428 g/mol. The zero-order valence-electron chi connectivity index (χ0n) is 17.6. The van der Waals surface area contributed by atoms with Crippen molar-refractivity contribution in [1.29, 1.82) is 0 Å². The number of nitro benzene ring substituents is 1. The van der Waals surface area contributed by atoms with Crippen LogP contribution >= 0.6 is 0 Å². The van der Waals surface area contributed by atoms with E-state index in [-0.39, 0.29) is 17.3 Å². The molecule has 4 rings (SSSR count). The molecule has 0 radical (unpaired) electrons. The fourth-order valence-electron chi connectivity index (χ4n) is 3.40. The SMILES string of the molecule is Cc1cccc(COc2cccc(/C=C3\N=C(c4cccc([N+](=O)[O-])c4C)OC3=O)c2)c1. The van der Waals surface area contributed by atoms with Crippen LogP contribution in [0.3, 0.4) is 0 Å².